The van der Waals surface area contributed by atoms with Crippen LogP contribution in [0.25, 0.3) is 0 Å². The van der Waals surface area contributed by atoms with Crippen LogP contribution in [0.2, 0.25) is 0 Å². The highest BCUT2D eigenvalue weighted by atomic mass is 19.1. The maximum atomic E-state index is 13.8. The molecule has 1 aliphatic carbocycles. The Hall–Kier alpha value is -3.58. The van der Waals surface area contributed by atoms with Gasteiger partial charge in [0, 0.05) is 36.1 Å². The van der Waals surface area contributed by atoms with Crippen molar-refractivity contribution in [1.82, 2.24) is 10.3 Å². The topological polar surface area (TPSA) is 97.1 Å². The second-order valence-electron chi connectivity index (χ2n) is 8.33. The molecule has 1 heterocycles. The molecule has 2 amide bonds. The molecular weight excluding hydrogens is 419 g/mol. The third-order valence-corrected chi connectivity index (χ3v) is 5.95. The van der Waals surface area contributed by atoms with Crippen molar-refractivity contribution in [2.24, 2.45) is 5.73 Å². The largest absolute Gasteiger partial charge is 0.349 e. The summed E-state index contributed by atoms with van der Waals surface area (Å²) < 4.78 is 13.8. The van der Waals surface area contributed by atoms with Crippen LogP contribution in [-0.2, 0) is 11.2 Å². The number of anilines is 1. The minimum absolute atomic E-state index is 0.101. The predicted molar refractivity (Wildman–Crippen MR) is 125 cm³/mol. The lowest BCUT2D eigenvalue weighted by Gasteiger charge is -2.21. The SMILES string of the molecule is NC(CC(=O)NC1CCCCc2ccc(F)cc21)c1ccc(C(=O)Nc2ccncc2)cc1. The number of nitrogens with two attached hydrogens (primary N) is 1. The second-order valence-corrected chi connectivity index (χ2v) is 8.33. The van der Waals surface area contributed by atoms with Crippen LogP contribution in [0.15, 0.2) is 67.0 Å². The summed E-state index contributed by atoms with van der Waals surface area (Å²) in [7, 11) is 0. The lowest BCUT2D eigenvalue weighted by molar-refractivity contribution is -0.122. The summed E-state index contributed by atoms with van der Waals surface area (Å²) in [5.41, 5.74) is 10.1. The van der Waals surface area contributed by atoms with Gasteiger partial charge in [-0.1, -0.05) is 24.6 Å². The van der Waals surface area contributed by atoms with E-state index in [1.54, 1.807) is 48.8 Å². The van der Waals surface area contributed by atoms with Gasteiger partial charge in [-0.05, 0) is 72.4 Å². The second kappa shape index (κ2) is 10.4. The average Bonchev–Trinajstić information content (AvgIpc) is 3.01. The minimum atomic E-state index is -0.514. The van der Waals surface area contributed by atoms with Gasteiger partial charge in [0.25, 0.3) is 5.91 Å². The summed E-state index contributed by atoms with van der Waals surface area (Å²) in [5, 5.41) is 5.85. The number of hydrogen-bond donors (Lipinski definition) is 3. The quantitative estimate of drug-likeness (QED) is 0.488. The van der Waals surface area contributed by atoms with Crippen LogP contribution in [0.1, 0.15) is 64.8 Å². The lowest BCUT2D eigenvalue weighted by Crippen LogP contribution is -2.31. The number of halogens is 1. The van der Waals surface area contributed by atoms with Crippen molar-refractivity contribution in [3.8, 4) is 0 Å². The zero-order valence-electron chi connectivity index (χ0n) is 18.3. The van der Waals surface area contributed by atoms with Crippen LogP contribution >= 0.6 is 0 Å². The first-order valence-electron chi connectivity index (χ1n) is 11.1. The number of nitrogens with one attached hydrogen (secondary N) is 2. The van der Waals surface area contributed by atoms with Crippen LogP contribution in [0.5, 0.6) is 0 Å². The Morgan fingerprint density at radius 2 is 1.82 bits per heavy atom. The fraction of sp³-hybridized carbons (Fsp3) is 0.269. The normalized spacial score (nSPS) is 16.2. The van der Waals surface area contributed by atoms with Gasteiger partial charge in [0.15, 0.2) is 0 Å². The Balaban J connectivity index is 1.36. The molecule has 1 aliphatic rings. The summed E-state index contributed by atoms with van der Waals surface area (Å²) in [6.07, 6.45) is 6.97. The summed E-state index contributed by atoms with van der Waals surface area (Å²) in [5.74, 6) is -0.706. The molecular formula is C26H27FN4O2. The molecule has 0 saturated heterocycles. The molecule has 2 aromatic carbocycles. The summed E-state index contributed by atoms with van der Waals surface area (Å²) >= 11 is 0. The van der Waals surface area contributed by atoms with Crippen LogP contribution < -0.4 is 16.4 Å². The molecule has 7 heteroatoms. The minimum Gasteiger partial charge on any atom is -0.349 e. The molecule has 170 valence electrons. The van der Waals surface area contributed by atoms with E-state index in [0.29, 0.717) is 11.3 Å². The molecule has 0 radical (unpaired) electrons. The van der Waals surface area contributed by atoms with Crippen molar-refractivity contribution in [1.29, 1.82) is 0 Å². The van der Waals surface area contributed by atoms with E-state index in [1.807, 2.05) is 6.07 Å². The van der Waals surface area contributed by atoms with Crippen molar-refractivity contribution >= 4 is 17.5 Å². The van der Waals surface area contributed by atoms with Gasteiger partial charge >= 0.3 is 0 Å². The molecule has 4 N–H and O–H groups in total. The molecule has 2 atom stereocenters. The van der Waals surface area contributed by atoms with Crippen LogP contribution in [0.3, 0.4) is 0 Å². The van der Waals surface area contributed by atoms with Crippen molar-refractivity contribution < 1.29 is 14.0 Å². The standard InChI is InChI=1S/C26H27FN4O2/c27-20-10-9-17-3-1-2-4-24(22(17)15-20)31-25(32)16-23(28)18-5-7-19(8-6-18)26(33)30-21-11-13-29-14-12-21/h5-15,23-24H,1-4,16,28H2,(H,31,32)(H,29,30,33). The molecule has 1 aromatic heterocycles. The van der Waals surface area contributed by atoms with E-state index in [-0.39, 0.29) is 30.1 Å². The Bertz CT molecular complexity index is 1120. The Kier molecular flexibility index (Phi) is 7.10. The first-order valence-corrected chi connectivity index (χ1v) is 11.1. The first-order chi connectivity index (χ1) is 16.0. The maximum absolute atomic E-state index is 13.8. The molecule has 3 aromatic rings. The van der Waals surface area contributed by atoms with Crippen LogP contribution in [-0.4, -0.2) is 16.8 Å². The molecule has 0 spiro atoms. The van der Waals surface area contributed by atoms with Gasteiger partial charge in [0.05, 0.1) is 6.04 Å². The smallest absolute Gasteiger partial charge is 0.255 e. The number of aryl methyl sites for hydroxylation is 1. The number of carbonyl (C=O) groups is 2. The molecule has 0 aliphatic heterocycles. The van der Waals surface area contributed by atoms with Gasteiger partial charge < -0.3 is 16.4 Å². The first kappa shape index (κ1) is 22.6. The number of carbonyl (C=O) groups excluding carboxylic acids is 2. The molecule has 0 saturated carbocycles. The number of amides is 2. The molecule has 4 rings (SSSR count). The van der Waals surface area contributed by atoms with Crippen molar-refractivity contribution in [2.75, 3.05) is 5.32 Å². The monoisotopic (exact) mass is 446 g/mol. The average molecular weight is 447 g/mol. The third-order valence-electron chi connectivity index (χ3n) is 5.95. The molecule has 2 unspecified atom stereocenters. The van der Waals surface area contributed by atoms with Crippen molar-refractivity contribution in [3.63, 3.8) is 0 Å². The predicted octanol–water partition coefficient (Wildman–Crippen LogP) is 4.45. The van der Waals surface area contributed by atoms with Crippen LogP contribution in [0.4, 0.5) is 10.1 Å². The molecule has 6 nitrogen and oxygen atoms in total. The number of fused-ring (bicyclic) bond motifs is 1. The zero-order valence-corrected chi connectivity index (χ0v) is 18.3. The lowest BCUT2D eigenvalue weighted by atomic mass is 9.98. The summed E-state index contributed by atoms with van der Waals surface area (Å²) in [6, 6.07) is 14.4. The van der Waals surface area contributed by atoms with E-state index >= 15 is 0 Å². The molecule has 0 fully saturated rings. The maximum Gasteiger partial charge on any atom is 0.255 e. The van der Waals surface area contributed by atoms with E-state index in [1.165, 1.54) is 12.1 Å². The third kappa shape index (κ3) is 5.81. The zero-order chi connectivity index (χ0) is 23.2. The fourth-order valence-corrected chi connectivity index (χ4v) is 4.18. The summed E-state index contributed by atoms with van der Waals surface area (Å²) in [4.78, 5) is 29.0. The van der Waals surface area contributed by atoms with E-state index < -0.39 is 6.04 Å². The van der Waals surface area contributed by atoms with E-state index in [4.69, 9.17) is 5.73 Å². The molecule has 33 heavy (non-hydrogen) atoms. The van der Waals surface area contributed by atoms with E-state index in [0.717, 1.165) is 42.4 Å². The number of rotatable bonds is 6. The summed E-state index contributed by atoms with van der Waals surface area (Å²) in [6.45, 7) is 0. The highest BCUT2D eigenvalue weighted by Gasteiger charge is 2.22. The highest BCUT2D eigenvalue weighted by molar-refractivity contribution is 6.04. The number of aromatic nitrogens is 1. The fourth-order valence-electron chi connectivity index (χ4n) is 4.18. The van der Waals surface area contributed by atoms with Crippen LogP contribution in [0, 0.1) is 5.82 Å². The number of pyridine rings is 1. The van der Waals surface area contributed by atoms with Gasteiger partial charge in [-0.25, -0.2) is 4.39 Å². The van der Waals surface area contributed by atoms with Gasteiger partial charge in [-0.15, -0.1) is 0 Å². The van der Waals surface area contributed by atoms with Gasteiger partial charge in [-0.2, -0.15) is 0 Å². The number of nitrogens with zero attached hydrogens (tertiary/aromatic N) is 1. The van der Waals surface area contributed by atoms with Gasteiger partial charge in [-0.3, -0.25) is 14.6 Å². The Labute approximate surface area is 192 Å². The van der Waals surface area contributed by atoms with Crippen molar-refractivity contribution in [2.45, 2.75) is 44.2 Å². The van der Waals surface area contributed by atoms with Gasteiger partial charge in [0.2, 0.25) is 5.91 Å². The highest BCUT2D eigenvalue weighted by Crippen LogP contribution is 2.29. The number of benzene rings is 2. The van der Waals surface area contributed by atoms with E-state index in [9.17, 15) is 14.0 Å². The molecule has 0 bridgehead atoms. The van der Waals surface area contributed by atoms with Crippen molar-refractivity contribution in [3.05, 3.63) is 95.1 Å². The Morgan fingerprint density at radius 3 is 2.58 bits per heavy atom. The Morgan fingerprint density at radius 1 is 1.06 bits per heavy atom. The van der Waals surface area contributed by atoms with Gasteiger partial charge in [0.1, 0.15) is 5.82 Å². The number of hydrogen-bond acceptors (Lipinski definition) is 4. The van der Waals surface area contributed by atoms with E-state index in [2.05, 4.69) is 15.6 Å².